The summed E-state index contributed by atoms with van der Waals surface area (Å²) in [5.74, 6) is 0. The minimum absolute atomic E-state index is 0.882. The van der Waals surface area contributed by atoms with E-state index in [1.54, 1.807) is 0 Å². The van der Waals surface area contributed by atoms with Gasteiger partial charge in [-0.05, 0) is 12.8 Å². The van der Waals surface area contributed by atoms with E-state index in [0.29, 0.717) is 0 Å². The first-order valence-corrected chi connectivity index (χ1v) is 12.2. The number of aromatic nitrogens is 1. The van der Waals surface area contributed by atoms with Gasteiger partial charge in [0, 0.05) is 26.4 Å². The Balaban J connectivity index is 2.05. The largest absolute Gasteiger partial charge is 0.381 e. The highest BCUT2D eigenvalue weighted by atomic mass is 32.1. The molecule has 0 unspecified atom stereocenters. The van der Waals surface area contributed by atoms with Crippen LogP contribution in [-0.2, 0) is 17.7 Å². The van der Waals surface area contributed by atoms with E-state index >= 15 is 0 Å². The average Bonchev–Trinajstić information content (AvgIpc) is 2.99. The second-order valence-corrected chi connectivity index (χ2v) is 8.62. The lowest BCUT2D eigenvalue weighted by Crippen LogP contribution is -2.34. The maximum absolute atomic E-state index is 5.83. The summed E-state index contributed by atoms with van der Waals surface area (Å²) in [6.07, 6.45) is 18.8. The Kier molecular flexibility index (Phi) is 15.2. The van der Waals surface area contributed by atoms with Crippen LogP contribution in [0.2, 0.25) is 0 Å². The molecular formula is C23H44NOS+. The first-order valence-electron chi connectivity index (χ1n) is 11.3. The maximum Gasteiger partial charge on any atom is 0.225 e. The molecule has 0 atom stereocenters. The Bertz CT molecular complexity index is 392. The van der Waals surface area contributed by atoms with Crippen molar-refractivity contribution < 1.29 is 9.30 Å². The standard InChI is InChI=1S/C23H44NOS/c1-4-6-8-10-11-12-13-15-18-24-21-26-23(22(24)3)17-20-25-19-16-14-9-7-5-2/h21H,4-20H2,1-3H3/q+1. The van der Waals surface area contributed by atoms with Crippen molar-refractivity contribution in [3.63, 3.8) is 0 Å². The summed E-state index contributed by atoms with van der Waals surface area (Å²) in [5, 5.41) is 0. The van der Waals surface area contributed by atoms with Crippen molar-refractivity contribution >= 4 is 11.3 Å². The zero-order valence-corrected chi connectivity index (χ0v) is 18.7. The minimum Gasteiger partial charge on any atom is -0.381 e. The molecule has 2 nitrogen and oxygen atoms in total. The van der Waals surface area contributed by atoms with Crippen molar-refractivity contribution in [1.29, 1.82) is 0 Å². The fourth-order valence-electron chi connectivity index (χ4n) is 3.40. The SMILES string of the molecule is CCCCCCCCCC[n+]1csc(CCOCCCCCCC)c1C. The van der Waals surface area contributed by atoms with E-state index in [2.05, 4.69) is 30.8 Å². The molecule has 0 amide bonds. The van der Waals surface area contributed by atoms with Crippen LogP contribution in [0.4, 0.5) is 0 Å². The predicted octanol–water partition coefficient (Wildman–Crippen LogP) is 7.01. The van der Waals surface area contributed by atoms with Gasteiger partial charge in [-0.1, -0.05) is 89.4 Å². The molecule has 1 rings (SSSR count). The van der Waals surface area contributed by atoms with Gasteiger partial charge in [-0.15, -0.1) is 0 Å². The summed E-state index contributed by atoms with van der Waals surface area (Å²) in [6, 6.07) is 0. The van der Waals surface area contributed by atoms with Gasteiger partial charge in [0.1, 0.15) is 6.54 Å². The molecule has 26 heavy (non-hydrogen) atoms. The van der Waals surface area contributed by atoms with Crippen LogP contribution in [0.3, 0.4) is 0 Å². The van der Waals surface area contributed by atoms with Gasteiger partial charge >= 0.3 is 0 Å². The third-order valence-corrected chi connectivity index (χ3v) is 6.42. The molecule has 0 fully saturated rings. The molecule has 0 aliphatic carbocycles. The molecule has 0 aromatic carbocycles. The Morgan fingerprint density at radius 3 is 2.00 bits per heavy atom. The number of nitrogens with zero attached hydrogens (tertiary/aromatic N) is 1. The number of thiazole rings is 1. The molecule has 0 saturated heterocycles. The molecule has 0 spiro atoms. The monoisotopic (exact) mass is 382 g/mol. The van der Waals surface area contributed by atoms with Crippen LogP contribution in [0, 0.1) is 6.92 Å². The second kappa shape index (κ2) is 16.7. The van der Waals surface area contributed by atoms with E-state index in [9.17, 15) is 0 Å². The summed E-state index contributed by atoms with van der Waals surface area (Å²) < 4.78 is 8.29. The Labute approximate surface area is 167 Å². The number of unbranched alkanes of at least 4 members (excludes halogenated alkanes) is 11. The van der Waals surface area contributed by atoms with Crippen LogP contribution in [0.5, 0.6) is 0 Å². The zero-order valence-electron chi connectivity index (χ0n) is 17.9. The Morgan fingerprint density at radius 1 is 0.769 bits per heavy atom. The van der Waals surface area contributed by atoms with Crippen molar-refractivity contribution in [2.24, 2.45) is 0 Å². The lowest BCUT2D eigenvalue weighted by molar-refractivity contribution is -0.698. The van der Waals surface area contributed by atoms with Crippen molar-refractivity contribution in [3.05, 3.63) is 16.1 Å². The summed E-state index contributed by atoms with van der Waals surface area (Å²) in [4.78, 5) is 1.51. The van der Waals surface area contributed by atoms with Gasteiger partial charge in [0.15, 0.2) is 5.69 Å². The first-order chi connectivity index (χ1) is 12.8. The van der Waals surface area contributed by atoms with Crippen molar-refractivity contribution in [2.45, 2.75) is 117 Å². The van der Waals surface area contributed by atoms with E-state index in [-0.39, 0.29) is 0 Å². The van der Waals surface area contributed by atoms with Gasteiger partial charge in [-0.3, -0.25) is 0 Å². The highest BCUT2D eigenvalue weighted by Gasteiger charge is 2.14. The van der Waals surface area contributed by atoms with E-state index in [0.717, 1.165) is 19.6 Å². The minimum atomic E-state index is 0.882. The molecule has 0 N–H and O–H groups in total. The molecule has 1 aromatic heterocycles. The fourth-order valence-corrected chi connectivity index (χ4v) is 4.41. The smallest absolute Gasteiger partial charge is 0.225 e. The van der Waals surface area contributed by atoms with Crippen molar-refractivity contribution in [1.82, 2.24) is 0 Å². The molecular weight excluding hydrogens is 338 g/mol. The van der Waals surface area contributed by atoms with E-state index in [1.165, 1.54) is 101 Å². The van der Waals surface area contributed by atoms with Gasteiger partial charge in [0.25, 0.3) is 0 Å². The van der Waals surface area contributed by atoms with E-state index in [4.69, 9.17) is 4.74 Å². The molecule has 0 saturated carbocycles. The van der Waals surface area contributed by atoms with Crippen LogP contribution >= 0.6 is 11.3 Å². The molecule has 1 aromatic rings. The Hall–Kier alpha value is -0.410. The van der Waals surface area contributed by atoms with Crippen molar-refractivity contribution in [2.75, 3.05) is 13.2 Å². The number of ether oxygens (including phenoxy) is 1. The van der Waals surface area contributed by atoms with Gasteiger partial charge < -0.3 is 4.74 Å². The molecule has 152 valence electrons. The highest BCUT2D eigenvalue weighted by molar-refractivity contribution is 7.09. The summed E-state index contributed by atoms with van der Waals surface area (Å²) in [5.41, 5.74) is 3.78. The summed E-state index contributed by atoms with van der Waals surface area (Å²) in [7, 11) is 0. The van der Waals surface area contributed by atoms with Crippen LogP contribution in [0.1, 0.15) is 108 Å². The maximum atomic E-state index is 5.83. The van der Waals surface area contributed by atoms with Gasteiger partial charge in [0.05, 0.1) is 11.5 Å². The predicted molar refractivity (Wildman–Crippen MR) is 115 cm³/mol. The lowest BCUT2D eigenvalue weighted by atomic mass is 10.1. The molecule has 0 aliphatic rings. The highest BCUT2D eigenvalue weighted by Crippen LogP contribution is 2.13. The average molecular weight is 383 g/mol. The number of hydrogen-bond acceptors (Lipinski definition) is 2. The van der Waals surface area contributed by atoms with Gasteiger partial charge in [0.2, 0.25) is 5.51 Å². The summed E-state index contributed by atoms with van der Waals surface area (Å²) >= 11 is 1.91. The zero-order chi connectivity index (χ0) is 18.9. The second-order valence-electron chi connectivity index (χ2n) is 7.68. The quantitative estimate of drug-likeness (QED) is 0.196. The molecule has 3 heteroatoms. The molecule has 0 radical (unpaired) electrons. The molecule has 0 aliphatic heterocycles. The first kappa shape index (κ1) is 23.6. The van der Waals surface area contributed by atoms with Gasteiger partial charge in [-0.25, -0.2) is 0 Å². The van der Waals surface area contributed by atoms with Gasteiger partial charge in [-0.2, -0.15) is 4.57 Å². The molecule has 0 bridgehead atoms. The van der Waals surface area contributed by atoms with E-state index in [1.807, 2.05) is 11.3 Å². The topological polar surface area (TPSA) is 13.1 Å². The molecule has 1 heterocycles. The fraction of sp³-hybridized carbons (Fsp3) is 0.870. The van der Waals surface area contributed by atoms with Crippen LogP contribution < -0.4 is 4.57 Å². The third kappa shape index (κ3) is 11.3. The van der Waals surface area contributed by atoms with Crippen LogP contribution in [0.25, 0.3) is 0 Å². The Morgan fingerprint density at radius 2 is 1.35 bits per heavy atom. The summed E-state index contributed by atoms with van der Waals surface area (Å²) in [6.45, 7) is 9.84. The number of aryl methyl sites for hydroxylation is 1. The van der Waals surface area contributed by atoms with Crippen molar-refractivity contribution in [3.8, 4) is 0 Å². The number of rotatable bonds is 18. The normalized spacial score (nSPS) is 11.3. The van der Waals surface area contributed by atoms with E-state index < -0.39 is 0 Å². The third-order valence-electron chi connectivity index (χ3n) is 5.27. The number of hydrogen-bond donors (Lipinski definition) is 0. The van der Waals surface area contributed by atoms with Crippen LogP contribution in [0.15, 0.2) is 5.51 Å². The van der Waals surface area contributed by atoms with Crippen LogP contribution in [-0.4, -0.2) is 13.2 Å². The lowest BCUT2D eigenvalue weighted by Gasteiger charge is -2.03.